The van der Waals surface area contributed by atoms with E-state index in [1.54, 1.807) is 42.5 Å². The molecule has 3 aromatic carbocycles. The highest BCUT2D eigenvalue weighted by Gasteiger charge is 2.27. The van der Waals surface area contributed by atoms with Crippen LogP contribution in [0.2, 0.25) is 0 Å². The zero-order chi connectivity index (χ0) is 20.8. The van der Waals surface area contributed by atoms with Crippen LogP contribution in [-0.4, -0.2) is 18.6 Å². The second kappa shape index (κ2) is 7.43. The SMILES string of the molecule is [2H]c1cccc2c1c(-c1ccc(Br)cc1)c(SC)n2S(=O)(=O)c1ccc(C)cc1. The van der Waals surface area contributed by atoms with Crippen molar-refractivity contribution >= 4 is 48.6 Å². The molecule has 0 spiro atoms. The Balaban J connectivity index is 2.12. The first-order chi connectivity index (χ1) is 13.8. The molecular formula is C22H18BrNO2S2. The lowest BCUT2D eigenvalue weighted by molar-refractivity contribution is 0.585. The van der Waals surface area contributed by atoms with Crippen LogP contribution in [0.4, 0.5) is 0 Å². The van der Waals surface area contributed by atoms with Gasteiger partial charge in [-0.15, -0.1) is 11.8 Å². The van der Waals surface area contributed by atoms with Crippen LogP contribution >= 0.6 is 27.7 Å². The van der Waals surface area contributed by atoms with Crippen molar-refractivity contribution in [3.63, 3.8) is 0 Å². The van der Waals surface area contributed by atoms with Crippen molar-refractivity contribution in [2.75, 3.05) is 6.26 Å². The van der Waals surface area contributed by atoms with E-state index in [1.807, 2.05) is 37.4 Å². The van der Waals surface area contributed by atoms with Crippen molar-refractivity contribution < 1.29 is 9.79 Å². The zero-order valence-corrected chi connectivity index (χ0v) is 18.5. The van der Waals surface area contributed by atoms with Crippen LogP contribution in [0, 0.1) is 6.92 Å². The monoisotopic (exact) mass is 472 g/mol. The minimum atomic E-state index is -3.83. The molecule has 3 nitrogen and oxygen atoms in total. The summed E-state index contributed by atoms with van der Waals surface area (Å²) in [6.07, 6.45) is 1.86. The van der Waals surface area contributed by atoms with Crippen molar-refractivity contribution in [1.82, 2.24) is 3.97 Å². The smallest absolute Gasteiger partial charge is 0.227 e. The lowest BCUT2D eigenvalue weighted by atomic mass is 10.1. The Morgan fingerprint density at radius 1 is 1.00 bits per heavy atom. The number of nitrogens with zero attached hydrogens (tertiary/aromatic N) is 1. The van der Waals surface area contributed by atoms with Gasteiger partial charge in [0.25, 0.3) is 10.0 Å². The molecule has 0 atom stereocenters. The molecule has 0 saturated carbocycles. The number of rotatable bonds is 4. The molecule has 0 unspecified atom stereocenters. The molecular weight excluding hydrogens is 454 g/mol. The first-order valence-corrected chi connectivity index (χ1v) is 12.1. The fraction of sp³-hybridized carbons (Fsp3) is 0.0909. The fourth-order valence-corrected chi connectivity index (χ4v) is 6.12. The first kappa shape index (κ1) is 18.0. The topological polar surface area (TPSA) is 39.1 Å². The zero-order valence-electron chi connectivity index (χ0n) is 16.3. The minimum Gasteiger partial charge on any atom is -0.227 e. The molecule has 1 heterocycles. The van der Waals surface area contributed by atoms with Gasteiger partial charge in [-0.2, -0.15) is 0 Å². The third-order valence-electron chi connectivity index (χ3n) is 4.59. The maximum Gasteiger partial charge on any atom is 0.269 e. The minimum absolute atomic E-state index is 0.230. The molecule has 0 aliphatic rings. The summed E-state index contributed by atoms with van der Waals surface area (Å²) >= 11 is 4.82. The van der Waals surface area contributed by atoms with Crippen molar-refractivity contribution in [1.29, 1.82) is 0 Å². The standard InChI is InChI=1S/C22H18BrNO2S2/c1-15-7-13-18(14-8-15)28(25,26)24-20-6-4-3-5-19(20)21(22(24)27-2)16-9-11-17(23)12-10-16/h3-14H,1-2H3/i5D. The summed E-state index contributed by atoms with van der Waals surface area (Å²) in [5.74, 6) is 0. The van der Waals surface area contributed by atoms with Crippen LogP contribution in [0.1, 0.15) is 6.93 Å². The number of hydrogen-bond acceptors (Lipinski definition) is 3. The number of aryl methyl sites for hydroxylation is 1. The second-order valence-electron chi connectivity index (χ2n) is 6.40. The van der Waals surface area contributed by atoms with Gasteiger partial charge in [0.05, 0.1) is 16.8 Å². The molecule has 4 aromatic rings. The predicted molar refractivity (Wildman–Crippen MR) is 121 cm³/mol. The molecule has 0 radical (unpaired) electrons. The lowest BCUT2D eigenvalue weighted by Crippen LogP contribution is -2.14. The van der Waals surface area contributed by atoms with Crippen LogP contribution in [0.15, 0.2) is 87.2 Å². The third kappa shape index (κ3) is 3.19. The Labute approximate surface area is 179 Å². The Morgan fingerprint density at radius 3 is 2.32 bits per heavy atom. The molecule has 0 saturated heterocycles. The third-order valence-corrected chi connectivity index (χ3v) is 7.73. The maximum atomic E-state index is 13.6. The number of hydrogen-bond donors (Lipinski definition) is 0. The predicted octanol–water partition coefficient (Wildman–Crippen LogP) is 6.34. The van der Waals surface area contributed by atoms with Gasteiger partial charge in [0.2, 0.25) is 0 Å². The molecule has 0 amide bonds. The van der Waals surface area contributed by atoms with Gasteiger partial charge in [-0.25, -0.2) is 12.4 Å². The number of para-hydroxylation sites is 1. The van der Waals surface area contributed by atoms with E-state index in [0.29, 0.717) is 22.0 Å². The van der Waals surface area contributed by atoms with Crippen molar-refractivity contribution in [2.24, 2.45) is 0 Å². The highest BCUT2D eigenvalue weighted by atomic mass is 79.9. The van der Waals surface area contributed by atoms with Gasteiger partial charge in [-0.05, 0) is 49.1 Å². The van der Waals surface area contributed by atoms with E-state index >= 15 is 0 Å². The van der Waals surface area contributed by atoms with E-state index in [9.17, 15) is 8.42 Å². The molecule has 0 aliphatic heterocycles. The van der Waals surface area contributed by atoms with E-state index in [-0.39, 0.29) is 4.90 Å². The van der Waals surface area contributed by atoms with Crippen LogP contribution in [0.25, 0.3) is 22.0 Å². The van der Waals surface area contributed by atoms with Crippen molar-refractivity contribution in [2.45, 2.75) is 16.8 Å². The van der Waals surface area contributed by atoms with Crippen molar-refractivity contribution in [3.05, 3.63) is 82.8 Å². The largest absolute Gasteiger partial charge is 0.269 e. The lowest BCUT2D eigenvalue weighted by Gasteiger charge is -2.12. The molecule has 4 rings (SSSR count). The van der Waals surface area contributed by atoms with E-state index < -0.39 is 10.0 Å². The molecule has 1 aromatic heterocycles. The number of benzene rings is 3. The second-order valence-corrected chi connectivity index (χ2v) is 9.90. The van der Waals surface area contributed by atoms with Crippen LogP contribution < -0.4 is 0 Å². The Bertz CT molecular complexity index is 1310. The number of thioether (sulfide) groups is 1. The fourth-order valence-electron chi connectivity index (χ4n) is 3.24. The van der Waals surface area contributed by atoms with Gasteiger partial charge in [0, 0.05) is 15.4 Å². The van der Waals surface area contributed by atoms with E-state index in [4.69, 9.17) is 1.37 Å². The van der Waals surface area contributed by atoms with Gasteiger partial charge in [0.15, 0.2) is 0 Å². The summed E-state index contributed by atoms with van der Waals surface area (Å²) in [5.41, 5.74) is 3.15. The first-order valence-electron chi connectivity index (χ1n) is 9.11. The summed E-state index contributed by atoms with van der Waals surface area (Å²) in [6.45, 7) is 1.92. The highest BCUT2D eigenvalue weighted by molar-refractivity contribution is 9.10. The average molecular weight is 473 g/mol. The maximum absolute atomic E-state index is 13.6. The summed E-state index contributed by atoms with van der Waals surface area (Å²) in [6, 6.07) is 20.0. The molecule has 0 fully saturated rings. The number of aromatic nitrogens is 1. The Hall–Kier alpha value is -2.02. The van der Waals surface area contributed by atoms with Gasteiger partial charge in [-0.1, -0.05) is 63.9 Å². The van der Waals surface area contributed by atoms with Crippen LogP contribution in [-0.2, 0) is 10.0 Å². The Kier molecular flexibility index (Phi) is 4.78. The van der Waals surface area contributed by atoms with Gasteiger partial charge < -0.3 is 0 Å². The quantitative estimate of drug-likeness (QED) is 0.325. The van der Waals surface area contributed by atoms with Crippen LogP contribution in [0.5, 0.6) is 0 Å². The molecule has 0 N–H and O–H groups in total. The van der Waals surface area contributed by atoms with Gasteiger partial charge in [-0.3, -0.25) is 0 Å². The van der Waals surface area contributed by atoms with Crippen molar-refractivity contribution in [3.8, 4) is 11.1 Å². The molecule has 142 valence electrons. The number of fused-ring (bicyclic) bond motifs is 1. The van der Waals surface area contributed by atoms with Gasteiger partial charge >= 0.3 is 0 Å². The van der Waals surface area contributed by atoms with Crippen LogP contribution in [0.3, 0.4) is 0 Å². The summed E-state index contributed by atoms with van der Waals surface area (Å²) < 4.78 is 38.1. The molecule has 0 bridgehead atoms. The summed E-state index contributed by atoms with van der Waals surface area (Å²) in [4.78, 5) is 0.230. The average Bonchev–Trinajstić information content (AvgIpc) is 3.05. The normalized spacial score (nSPS) is 12.3. The van der Waals surface area contributed by atoms with Gasteiger partial charge in [0.1, 0.15) is 0 Å². The molecule has 0 aliphatic carbocycles. The Morgan fingerprint density at radius 2 is 1.68 bits per heavy atom. The highest BCUT2D eigenvalue weighted by Crippen LogP contribution is 2.41. The summed E-state index contributed by atoms with van der Waals surface area (Å²) in [5, 5.41) is 1.23. The van der Waals surface area contributed by atoms with E-state index in [1.165, 1.54) is 15.7 Å². The molecule has 6 heteroatoms. The molecule has 28 heavy (non-hydrogen) atoms. The van der Waals surface area contributed by atoms with E-state index in [0.717, 1.165) is 21.2 Å². The number of halogens is 1. The van der Waals surface area contributed by atoms with E-state index in [2.05, 4.69) is 15.9 Å². The summed E-state index contributed by atoms with van der Waals surface area (Å²) in [7, 11) is -3.83.